The van der Waals surface area contributed by atoms with E-state index >= 15 is 0 Å². The van der Waals surface area contributed by atoms with E-state index in [1.807, 2.05) is 0 Å². The predicted octanol–water partition coefficient (Wildman–Crippen LogP) is 2.70. The second kappa shape index (κ2) is 9.94. The molecule has 31 heavy (non-hydrogen) atoms. The highest BCUT2D eigenvalue weighted by Crippen LogP contribution is 2.20. The summed E-state index contributed by atoms with van der Waals surface area (Å²) < 4.78 is 6.51. The molecule has 0 aliphatic carbocycles. The molecular weight excluding hydrogens is 418 g/mol. The lowest BCUT2D eigenvalue weighted by atomic mass is 10.1. The zero-order valence-corrected chi connectivity index (χ0v) is 17.6. The van der Waals surface area contributed by atoms with Crippen molar-refractivity contribution in [3.05, 3.63) is 76.6 Å². The van der Waals surface area contributed by atoms with Crippen LogP contribution in [0.3, 0.4) is 0 Å². The van der Waals surface area contributed by atoms with Gasteiger partial charge in [-0.1, -0.05) is 36.0 Å². The summed E-state index contributed by atoms with van der Waals surface area (Å²) in [6, 6.07) is 11.7. The fourth-order valence-corrected chi connectivity index (χ4v) is 3.80. The van der Waals surface area contributed by atoms with Crippen LogP contribution in [-0.2, 0) is 17.9 Å². The number of carbonyl (C=O) groups excluding carboxylic acids is 1. The third-order valence-electron chi connectivity index (χ3n) is 4.45. The van der Waals surface area contributed by atoms with Gasteiger partial charge in [-0.05, 0) is 29.8 Å². The summed E-state index contributed by atoms with van der Waals surface area (Å²) in [5.41, 5.74) is 1.03. The van der Waals surface area contributed by atoms with Crippen LogP contribution >= 0.6 is 11.8 Å². The number of amides is 1. The van der Waals surface area contributed by atoms with Crippen LogP contribution in [0, 0.1) is 0 Å². The van der Waals surface area contributed by atoms with Crippen LogP contribution in [0.4, 0.5) is 0 Å². The number of carboxylic acids is 1. The van der Waals surface area contributed by atoms with E-state index in [4.69, 9.17) is 4.74 Å². The molecule has 0 unspecified atom stereocenters. The van der Waals surface area contributed by atoms with Gasteiger partial charge in [-0.15, -0.1) is 6.58 Å². The number of nitrogens with zero attached hydrogens (tertiary/aromatic N) is 2. The van der Waals surface area contributed by atoms with Gasteiger partial charge in [0.25, 0.3) is 5.56 Å². The lowest BCUT2D eigenvalue weighted by Gasteiger charge is -2.12. The maximum atomic E-state index is 12.7. The van der Waals surface area contributed by atoms with Gasteiger partial charge >= 0.3 is 5.97 Å². The van der Waals surface area contributed by atoms with Crippen molar-refractivity contribution in [1.29, 1.82) is 0 Å². The minimum atomic E-state index is -1.11. The fourth-order valence-electron chi connectivity index (χ4n) is 2.96. The molecule has 0 bridgehead atoms. The molecule has 0 atom stereocenters. The molecule has 1 amide bonds. The van der Waals surface area contributed by atoms with Crippen LogP contribution < -0.4 is 15.6 Å². The van der Waals surface area contributed by atoms with Crippen molar-refractivity contribution in [3.63, 3.8) is 0 Å². The molecule has 9 heteroatoms. The van der Waals surface area contributed by atoms with E-state index in [0.29, 0.717) is 21.6 Å². The SMILES string of the molecule is C=CCn1c(SCC(=O)NCc2ccc(OC)c(C(=O)O)c2)nc2ccccc2c1=O. The number of methoxy groups -OCH3 is 1. The Kier molecular flexibility index (Phi) is 7.09. The predicted molar refractivity (Wildman–Crippen MR) is 119 cm³/mol. The Morgan fingerprint density at radius 3 is 2.77 bits per heavy atom. The molecule has 0 spiro atoms. The lowest BCUT2D eigenvalue weighted by Crippen LogP contribution is -2.26. The van der Waals surface area contributed by atoms with E-state index in [2.05, 4.69) is 16.9 Å². The summed E-state index contributed by atoms with van der Waals surface area (Å²) in [6.07, 6.45) is 1.60. The number of aromatic carboxylic acids is 1. The summed E-state index contributed by atoms with van der Waals surface area (Å²) in [6.45, 7) is 4.12. The van der Waals surface area contributed by atoms with Crippen molar-refractivity contribution in [2.45, 2.75) is 18.2 Å². The number of carbonyl (C=O) groups is 2. The number of ether oxygens (including phenoxy) is 1. The molecule has 3 aromatic rings. The second-order valence-corrected chi connectivity index (χ2v) is 7.46. The summed E-state index contributed by atoms with van der Waals surface area (Å²) in [7, 11) is 1.40. The minimum Gasteiger partial charge on any atom is -0.496 e. The number of allylic oxidation sites excluding steroid dienone is 1. The van der Waals surface area contributed by atoms with E-state index in [0.717, 1.165) is 11.8 Å². The van der Waals surface area contributed by atoms with Crippen LogP contribution in [0.25, 0.3) is 10.9 Å². The van der Waals surface area contributed by atoms with E-state index < -0.39 is 5.97 Å². The molecule has 2 N–H and O–H groups in total. The van der Waals surface area contributed by atoms with E-state index in [-0.39, 0.29) is 41.6 Å². The Morgan fingerprint density at radius 2 is 2.06 bits per heavy atom. The van der Waals surface area contributed by atoms with Crippen molar-refractivity contribution in [2.24, 2.45) is 0 Å². The first-order chi connectivity index (χ1) is 14.9. The van der Waals surface area contributed by atoms with E-state index in [9.17, 15) is 19.5 Å². The molecule has 8 nitrogen and oxygen atoms in total. The smallest absolute Gasteiger partial charge is 0.339 e. The molecule has 1 aromatic heterocycles. The summed E-state index contributed by atoms with van der Waals surface area (Å²) in [5, 5.41) is 12.9. The molecule has 3 rings (SSSR count). The largest absolute Gasteiger partial charge is 0.496 e. The first kappa shape index (κ1) is 22.1. The van der Waals surface area contributed by atoms with Crippen LogP contribution in [0.2, 0.25) is 0 Å². The number of rotatable bonds is 9. The third-order valence-corrected chi connectivity index (χ3v) is 5.43. The van der Waals surface area contributed by atoms with Crippen molar-refractivity contribution in [2.75, 3.05) is 12.9 Å². The highest BCUT2D eigenvalue weighted by Gasteiger charge is 2.14. The first-order valence-corrected chi connectivity index (χ1v) is 10.3. The average molecular weight is 439 g/mol. The Labute approximate surface area is 182 Å². The highest BCUT2D eigenvalue weighted by molar-refractivity contribution is 7.99. The van der Waals surface area contributed by atoms with Crippen molar-refractivity contribution < 1.29 is 19.4 Å². The number of aromatic nitrogens is 2. The summed E-state index contributed by atoms with van der Waals surface area (Å²) in [4.78, 5) is 40.9. The van der Waals surface area contributed by atoms with Crippen molar-refractivity contribution >= 4 is 34.5 Å². The van der Waals surface area contributed by atoms with E-state index in [1.165, 1.54) is 17.7 Å². The number of hydrogen-bond donors (Lipinski definition) is 2. The summed E-state index contributed by atoms with van der Waals surface area (Å²) >= 11 is 1.15. The Balaban J connectivity index is 1.70. The maximum Gasteiger partial charge on any atom is 0.339 e. The van der Waals surface area contributed by atoms with Gasteiger partial charge in [0.15, 0.2) is 5.16 Å². The zero-order valence-electron chi connectivity index (χ0n) is 16.8. The number of carboxylic acid groups (broad SMARTS) is 1. The van der Waals surface area contributed by atoms with Crippen molar-refractivity contribution in [3.8, 4) is 5.75 Å². The van der Waals surface area contributed by atoms with Gasteiger partial charge in [-0.25, -0.2) is 9.78 Å². The summed E-state index contributed by atoms with van der Waals surface area (Å²) in [5.74, 6) is -1.08. The molecule has 0 fully saturated rings. The standard InChI is InChI=1S/C22H21N3O5S/c1-3-10-25-20(27)15-6-4-5-7-17(15)24-22(25)31-13-19(26)23-12-14-8-9-18(30-2)16(11-14)21(28)29/h3-9,11H,1,10,12-13H2,2H3,(H,23,26)(H,28,29). The van der Waals surface area contributed by atoms with Gasteiger partial charge in [0.05, 0.1) is 23.8 Å². The maximum absolute atomic E-state index is 12.7. The second-order valence-electron chi connectivity index (χ2n) is 6.52. The quantitative estimate of drug-likeness (QED) is 0.300. The Bertz CT molecular complexity index is 1210. The number of fused-ring (bicyclic) bond motifs is 1. The Morgan fingerprint density at radius 1 is 1.29 bits per heavy atom. The zero-order chi connectivity index (χ0) is 22.4. The molecule has 0 saturated carbocycles. The van der Waals surface area contributed by atoms with Gasteiger partial charge in [0.1, 0.15) is 11.3 Å². The highest BCUT2D eigenvalue weighted by atomic mass is 32.2. The molecule has 2 aromatic carbocycles. The normalized spacial score (nSPS) is 10.6. The van der Waals surface area contributed by atoms with Crippen LogP contribution in [0.15, 0.2) is 65.1 Å². The molecule has 0 saturated heterocycles. The number of thioether (sulfide) groups is 1. The topological polar surface area (TPSA) is 111 Å². The minimum absolute atomic E-state index is 0.0254. The van der Waals surface area contributed by atoms with Crippen LogP contribution in [-0.4, -0.2) is 39.4 Å². The van der Waals surface area contributed by atoms with E-state index in [1.54, 1.807) is 42.5 Å². The van der Waals surface area contributed by atoms with Crippen LogP contribution in [0.5, 0.6) is 5.75 Å². The molecule has 1 heterocycles. The number of para-hydroxylation sites is 1. The number of benzene rings is 2. The number of nitrogens with one attached hydrogen (secondary N) is 1. The molecular formula is C22H21N3O5S. The monoisotopic (exact) mass is 439 g/mol. The lowest BCUT2D eigenvalue weighted by molar-refractivity contribution is -0.118. The van der Waals surface area contributed by atoms with Crippen molar-refractivity contribution in [1.82, 2.24) is 14.9 Å². The molecule has 0 radical (unpaired) electrons. The first-order valence-electron chi connectivity index (χ1n) is 9.34. The van der Waals surface area contributed by atoms with Gasteiger partial charge in [0.2, 0.25) is 5.91 Å². The van der Waals surface area contributed by atoms with Gasteiger partial charge in [0, 0.05) is 13.1 Å². The molecule has 0 aliphatic rings. The van der Waals surface area contributed by atoms with Gasteiger partial charge < -0.3 is 15.2 Å². The fraction of sp³-hybridized carbons (Fsp3) is 0.182. The van der Waals surface area contributed by atoms with Gasteiger partial charge in [-0.2, -0.15) is 0 Å². The average Bonchev–Trinajstić information content (AvgIpc) is 2.78. The molecule has 0 aliphatic heterocycles. The Hall–Kier alpha value is -3.59. The number of hydrogen-bond acceptors (Lipinski definition) is 6. The van der Waals surface area contributed by atoms with Crippen LogP contribution in [0.1, 0.15) is 15.9 Å². The van der Waals surface area contributed by atoms with Gasteiger partial charge in [-0.3, -0.25) is 14.2 Å². The molecule has 160 valence electrons. The third kappa shape index (κ3) is 5.13.